The number of aryl methyl sites for hydroxylation is 2. The molecule has 1 aromatic heterocycles. The first kappa shape index (κ1) is 20.8. The van der Waals surface area contributed by atoms with Gasteiger partial charge in [0, 0.05) is 19.0 Å². The van der Waals surface area contributed by atoms with Crippen molar-refractivity contribution in [2.24, 2.45) is 12.0 Å². The number of fused-ring (bicyclic) bond motifs is 1. The molecule has 8 heteroatoms. The van der Waals surface area contributed by atoms with Crippen molar-refractivity contribution in [3.63, 3.8) is 0 Å². The fourth-order valence-electron chi connectivity index (χ4n) is 3.48. The maximum Gasteiger partial charge on any atom is 0.192 e. The Balaban J connectivity index is 1.54. The first-order chi connectivity index (χ1) is 15.0. The maximum atomic E-state index is 13.9. The Morgan fingerprint density at radius 1 is 1.23 bits per heavy atom. The minimum Gasteiger partial charge on any atom is -0.493 e. The zero-order chi connectivity index (χ0) is 21.8. The number of aromatic nitrogens is 3. The first-order valence-electron chi connectivity index (χ1n) is 10.4. The molecule has 2 N–H and O–H groups in total. The van der Waals surface area contributed by atoms with Crippen LogP contribution in [0.5, 0.6) is 5.75 Å². The Morgan fingerprint density at radius 3 is 2.84 bits per heavy atom. The smallest absolute Gasteiger partial charge is 0.192 e. The van der Waals surface area contributed by atoms with Crippen molar-refractivity contribution in [1.82, 2.24) is 25.4 Å². The van der Waals surface area contributed by atoms with Crippen LogP contribution in [-0.2, 0) is 20.1 Å². The van der Waals surface area contributed by atoms with Crippen molar-refractivity contribution in [2.75, 3.05) is 6.61 Å². The molecule has 1 atom stereocenters. The van der Waals surface area contributed by atoms with Gasteiger partial charge in [-0.2, -0.15) is 0 Å². The van der Waals surface area contributed by atoms with Gasteiger partial charge in [0.1, 0.15) is 17.4 Å². The Hall–Kier alpha value is -3.42. The quantitative estimate of drug-likeness (QED) is 0.487. The molecule has 7 nitrogen and oxygen atoms in total. The van der Waals surface area contributed by atoms with Crippen LogP contribution in [0.1, 0.15) is 40.8 Å². The van der Waals surface area contributed by atoms with Crippen LogP contribution in [0, 0.1) is 19.7 Å². The minimum atomic E-state index is -0.219. The molecule has 0 bridgehead atoms. The fourth-order valence-corrected chi connectivity index (χ4v) is 3.48. The van der Waals surface area contributed by atoms with Crippen LogP contribution < -0.4 is 15.4 Å². The van der Waals surface area contributed by atoms with E-state index < -0.39 is 0 Å². The largest absolute Gasteiger partial charge is 0.493 e. The van der Waals surface area contributed by atoms with Crippen molar-refractivity contribution < 1.29 is 9.13 Å². The zero-order valence-corrected chi connectivity index (χ0v) is 18.0. The van der Waals surface area contributed by atoms with Gasteiger partial charge < -0.3 is 19.9 Å². The molecule has 1 aliphatic heterocycles. The number of nitrogens with zero attached hydrogens (tertiary/aromatic N) is 4. The molecule has 3 aromatic rings. The van der Waals surface area contributed by atoms with Crippen LogP contribution in [0.25, 0.3) is 0 Å². The molecular weight excluding hydrogens is 395 g/mol. The molecule has 1 unspecified atom stereocenters. The molecule has 0 saturated carbocycles. The predicted molar refractivity (Wildman–Crippen MR) is 117 cm³/mol. The summed E-state index contributed by atoms with van der Waals surface area (Å²) in [5, 5.41) is 15.2. The Labute approximate surface area is 181 Å². The zero-order valence-electron chi connectivity index (χ0n) is 18.0. The normalized spacial score (nSPS) is 15.9. The predicted octanol–water partition coefficient (Wildman–Crippen LogP) is 3.33. The van der Waals surface area contributed by atoms with E-state index in [9.17, 15) is 4.39 Å². The summed E-state index contributed by atoms with van der Waals surface area (Å²) in [6, 6.07) is 13.3. The highest BCUT2D eigenvalue weighted by molar-refractivity contribution is 5.80. The van der Waals surface area contributed by atoms with Crippen molar-refractivity contribution in [1.29, 1.82) is 0 Å². The molecule has 31 heavy (non-hydrogen) atoms. The van der Waals surface area contributed by atoms with E-state index in [4.69, 9.17) is 9.73 Å². The molecule has 2 aromatic carbocycles. The summed E-state index contributed by atoms with van der Waals surface area (Å²) in [6.45, 7) is 5.12. The number of para-hydroxylation sites is 1. The number of hydrogen-bond acceptors (Lipinski definition) is 4. The van der Waals surface area contributed by atoms with Crippen LogP contribution in [0.3, 0.4) is 0 Å². The van der Waals surface area contributed by atoms with Gasteiger partial charge in [0.15, 0.2) is 11.8 Å². The molecule has 0 amide bonds. The highest BCUT2D eigenvalue weighted by atomic mass is 19.1. The average Bonchev–Trinajstić information content (AvgIpc) is 3.10. The first-order valence-corrected chi connectivity index (χ1v) is 10.4. The van der Waals surface area contributed by atoms with Gasteiger partial charge in [-0.3, -0.25) is 0 Å². The van der Waals surface area contributed by atoms with Crippen LogP contribution in [0.15, 0.2) is 47.5 Å². The average molecular weight is 423 g/mol. The van der Waals surface area contributed by atoms with E-state index in [0.717, 1.165) is 34.9 Å². The third-order valence-corrected chi connectivity index (χ3v) is 5.52. The van der Waals surface area contributed by atoms with E-state index in [0.29, 0.717) is 31.2 Å². The van der Waals surface area contributed by atoms with Gasteiger partial charge in [-0.25, -0.2) is 9.38 Å². The minimum absolute atomic E-state index is 0.0622. The molecule has 1 aliphatic rings. The lowest BCUT2D eigenvalue weighted by atomic mass is 10.0. The fraction of sp³-hybridized carbons (Fsp3) is 0.348. The number of guanidine groups is 1. The van der Waals surface area contributed by atoms with E-state index in [1.165, 1.54) is 6.07 Å². The summed E-state index contributed by atoms with van der Waals surface area (Å²) in [7, 11) is 1.93. The number of rotatable bonds is 5. The van der Waals surface area contributed by atoms with Gasteiger partial charge in [0.25, 0.3) is 0 Å². The van der Waals surface area contributed by atoms with E-state index in [2.05, 4.69) is 26.9 Å². The van der Waals surface area contributed by atoms with Gasteiger partial charge in [-0.1, -0.05) is 30.3 Å². The lowest BCUT2D eigenvalue weighted by Gasteiger charge is -2.28. The molecular formula is C23H27FN6O. The van der Waals surface area contributed by atoms with Gasteiger partial charge in [0.05, 0.1) is 25.7 Å². The molecule has 0 spiro atoms. The summed E-state index contributed by atoms with van der Waals surface area (Å²) in [6.07, 6.45) is 0.819. The summed E-state index contributed by atoms with van der Waals surface area (Å²) in [4.78, 5) is 4.71. The van der Waals surface area contributed by atoms with Crippen molar-refractivity contribution >= 4 is 5.96 Å². The van der Waals surface area contributed by atoms with E-state index >= 15 is 0 Å². The van der Waals surface area contributed by atoms with Gasteiger partial charge >= 0.3 is 0 Å². The topological polar surface area (TPSA) is 76.4 Å². The monoisotopic (exact) mass is 422 g/mol. The van der Waals surface area contributed by atoms with Crippen LogP contribution >= 0.6 is 0 Å². The molecule has 162 valence electrons. The summed E-state index contributed by atoms with van der Waals surface area (Å²) in [5.41, 5.74) is 2.53. The van der Waals surface area contributed by atoms with Crippen molar-refractivity contribution in [2.45, 2.75) is 39.4 Å². The lowest BCUT2D eigenvalue weighted by Crippen LogP contribution is -2.41. The van der Waals surface area contributed by atoms with E-state index in [-0.39, 0.29) is 11.9 Å². The van der Waals surface area contributed by atoms with Crippen molar-refractivity contribution in [3.05, 3.63) is 76.6 Å². The molecule has 4 rings (SSSR count). The summed E-state index contributed by atoms with van der Waals surface area (Å²) >= 11 is 0. The number of ether oxygens (including phenoxy) is 1. The number of halogens is 1. The van der Waals surface area contributed by atoms with Gasteiger partial charge in [-0.15, -0.1) is 10.2 Å². The van der Waals surface area contributed by atoms with Crippen LogP contribution in [0.2, 0.25) is 0 Å². The molecule has 0 saturated heterocycles. The number of aliphatic imine (C=N–C) groups is 1. The highest BCUT2D eigenvalue weighted by Gasteiger charge is 2.22. The maximum absolute atomic E-state index is 13.9. The molecule has 2 heterocycles. The number of nitrogens with one attached hydrogen (secondary N) is 2. The van der Waals surface area contributed by atoms with Crippen LogP contribution in [0.4, 0.5) is 4.39 Å². The van der Waals surface area contributed by atoms with Crippen molar-refractivity contribution in [3.8, 4) is 5.75 Å². The number of hydrogen-bond donors (Lipinski definition) is 2. The van der Waals surface area contributed by atoms with Gasteiger partial charge in [0.2, 0.25) is 0 Å². The second-order valence-electron chi connectivity index (χ2n) is 7.70. The third kappa shape index (κ3) is 4.84. The van der Waals surface area contributed by atoms with Gasteiger partial charge in [-0.05, 0) is 37.1 Å². The standard InChI is InChI=1S/C23H27FN6O/c1-15-8-9-17(12-19(15)24)13-25-23(26-14-22-29-28-16(2)30(22)3)27-20-10-11-31-21-7-5-4-6-18(20)21/h4-9,12,20H,10-11,13-14H2,1-3H3,(H2,25,26,27). The Kier molecular flexibility index (Phi) is 6.16. The SMILES string of the molecule is Cc1ccc(CN=C(NCc2nnc(C)n2C)NC2CCOc3ccccc32)cc1F. The Bertz CT molecular complexity index is 1090. The van der Waals surface area contributed by atoms with Crippen LogP contribution in [-0.4, -0.2) is 27.3 Å². The Morgan fingerprint density at radius 2 is 2.06 bits per heavy atom. The lowest BCUT2D eigenvalue weighted by molar-refractivity contribution is 0.261. The van der Waals surface area contributed by atoms with E-state index in [1.54, 1.807) is 13.0 Å². The summed E-state index contributed by atoms with van der Waals surface area (Å²) < 4.78 is 21.7. The van der Waals surface area contributed by atoms with E-state index in [1.807, 2.05) is 42.8 Å². The highest BCUT2D eigenvalue weighted by Crippen LogP contribution is 2.31. The molecule has 0 fully saturated rings. The molecule has 0 radical (unpaired) electrons. The summed E-state index contributed by atoms with van der Waals surface area (Å²) in [5.74, 6) is 2.94. The second kappa shape index (κ2) is 9.16. The number of benzene rings is 2. The second-order valence-corrected chi connectivity index (χ2v) is 7.70. The molecule has 0 aliphatic carbocycles. The third-order valence-electron chi connectivity index (χ3n) is 5.52.